The SMILES string of the molecule is CCc1c(C2CCN(C(CC)Sc3ccccc3C(F)(F)F)CC2)c2ccc(F)cc2n1C. The number of aryl methyl sites for hydroxylation is 1. The number of nitrogens with zero attached hydrogens (tertiary/aromatic N) is 2. The molecule has 0 spiro atoms. The summed E-state index contributed by atoms with van der Waals surface area (Å²) < 4.78 is 56.4. The van der Waals surface area contributed by atoms with Crippen molar-refractivity contribution in [2.24, 2.45) is 7.05 Å². The number of alkyl halides is 3. The molecule has 1 aliphatic heterocycles. The van der Waals surface area contributed by atoms with E-state index < -0.39 is 11.7 Å². The zero-order valence-corrected chi connectivity index (χ0v) is 20.1. The van der Waals surface area contributed by atoms with Gasteiger partial charge in [0.2, 0.25) is 0 Å². The number of piperidine rings is 1. The number of halogens is 4. The molecular weight excluding hydrogens is 448 g/mol. The lowest BCUT2D eigenvalue weighted by atomic mass is 9.87. The van der Waals surface area contributed by atoms with Gasteiger partial charge in [0.1, 0.15) is 5.82 Å². The van der Waals surface area contributed by atoms with E-state index in [2.05, 4.69) is 16.4 Å². The molecule has 0 N–H and O–H groups in total. The number of benzene rings is 2. The summed E-state index contributed by atoms with van der Waals surface area (Å²) in [5.74, 6) is 0.143. The van der Waals surface area contributed by atoms with Crippen LogP contribution >= 0.6 is 11.8 Å². The average molecular weight is 479 g/mol. The number of aromatic nitrogens is 1. The van der Waals surface area contributed by atoms with Crippen LogP contribution in [-0.4, -0.2) is 27.9 Å². The third kappa shape index (κ3) is 4.80. The van der Waals surface area contributed by atoms with E-state index in [0.717, 1.165) is 55.7 Å². The fraction of sp³-hybridized carbons (Fsp3) is 0.462. The Morgan fingerprint density at radius 2 is 1.76 bits per heavy atom. The van der Waals surface area contributed by atoms with Gasteiger partial charge in [-0.25, -0.2) is 4.39 Å². The number of rotatable bonds is 6. The second-order valence-electron chi connectivity index (χ2n) is 8.72. The molecule has 1 saturated heterocycles. The van der Waals surface area contributed by atoms with Crippen LogP contribution in [-0.2, 0) is 19.6 Å². The Kier molecular flexibility index (Phi) is 7.10. The van der Waals surface area contributed by atoms with E-state index in [1.54, 1.807) is 18.2 Å². The van der Waals surface area contributed by atoms with Crippen molar-refractivity contribution in [3.8, 4) is 0 Å². The van der Waals surface area contributed by atoms with Gasteiger partial charge in [-0.3, -0.25) is 4.90 Å². The molecule has 2 aromatic carbocycles. The second kappa shape index (κ2) is 9.71. The number of fused-ring (bicyclic) bond motifs is 1. The first-order chi connectivity index (χ1) is 15.7. The molecule has 0 bridgehead atoms. The third-order valence-electron chi connectivity index (χ3n) is 6.81. The normalized spacial score (nSPS) is 17.1. The van der Waals surface area contributed by atoms with Gasteiger partial charge >= 0.3 is 6.18 Å². The first kappa shape index (κ1) is 24.1. The lowest BCUT2D eigenvalue weighted by Crippen LogP contribution is -2.39. The maximum atomic E-state index is 13.9. The Morgan fingerprint density at radius 3 is 2.39 bits per heavy atom. The zero-order chi connectivity index (χ0) is 23.8. The van der Waals surface area contributed by atoms with Crippen LogP contribution in [0.4, 0.5) is 17.6 Å². The minimum atomic E-state index is -4.35. The van der Waals surface area contributed by atoms with Gasteiger partial charge in [-0.05, 0) is 80.6 Å². The molecule has 1 atom stereocenters. The number of hydrogen-bond acceptors (Lipinski definition) is 2. The van der Waals surface area contributed by atoms with Gasteiger partial charge in [0.05, 0.1) is 16.5 Å². The molecule has 0 aliphatic carbocycles. The average Bonchev–Trinajstić information content (AvgIpc) is 3.08. The molecule has 7 heteroatoms. The van der Waals surface area contributed by atoms with Crippen LogP contribution in [0.5, 0.6) is 0 Å². The predicted octanol–water partition coefficient (Wildman–Crippen LogP) is 7.61. The molecule has 0 saturated carbocycles. The summed E-state index contributed by atoms with van der Waals surface area (Å²) in [6.45, 7) is 5.84. The molecule has 3 aromatic rings. The smallest absolute Gasteiger partial charge is 0.347 e. The van der Waals surface area contributed by atoms with Crippen molar-refractivity contribution in [3.05, 3.63) is 65.1 Å². The van der Waals surface area contributed by atoms with Gasteiger partial charge in [0.25, 0.3) is 0 Å². The number of thioether (sulfide) groups is 1. The van der Waals surface area contributed by atoms with Crippen LogP contribution in [0.2, 0.25) is 0 Å². The van der Waals surface area contributed by atoms with Crippen molar-refractivity contribution in [1.29, 1.82) is 0 Å². The van der Waals surface area contributed by atoms with Gasteiger partial charge in [0.15, 0.2) is 0 Å². The fourth-order valence-corrected chi connectivity index (χ4v) is 6.50. The fourth-order valence-electron chi connectivity index (χ4n) is 5.22. The van der Waals surface area contributed by atoms with Crippen LogP contribution in [0.25, 0.3) is 10.9 Å². The molecule has 1 fully saturated rings. The minimum absolute atomic E-state index is 0.00158. The first-order valence-electron chi connectivity index (χ1n) is 11.6. The molecule has 0 radical (unpaired) electrons. The van der Waals surface area contributed by atoms with Crippen LogP contribution < -0.4 is 0 Å². The molecule has 4 rings (SSSR count). The standard InChI is InChI=1S/C26H30F4N2S/c1-4-21-25(19-11-10-18(27)16-22(19)31(21)3)17-12-14-32(15-13-17)24(5-2)33-23-9-7-6-8-20(23)26(28,29)30/h6-11,16-17,24H,4-5,12-15H2,1-3H3. The second-order valence-corrected chi connectivity index (χ2v) is 9.94. The van der Waals surface area contributed by atoms with Crippen LogP contribution in [0.1, 0.15) is 55.8 Å². The predicted molar refractivity (Wildman–Crippen MR) is 127 cm³/mol. The van der Waals surface area contributed by atoms with Gasteiger partial charge in [-0.2, -0.15) is 13.2 Å². The van der Waals surface area contributed by atoms with Crippen molar-refractivity contribution < 1.29 is 17.6 Å². The quantitative estimate of drug-likeness (QED) is 0.266. The van der Waals surface area contributed by atoms with Crippen molar-refractivity contribution in [2.45, 2.75) is 61.9 Å². The van der Waals surface area contributed by atoms with E-state index in [-0.39, 0.29) is 11.2 Å². The highest BCUT2D eigenvalue weighted by Gasteiger charge is 2.35. The summed E-state index contributed by atoms with van der Waals surface area (Å²) in [5, 5.41) is 1.12. The van der Waals surface area contributed by atoms with Gasteiger partial charge in [-0.15, -0.1) is 11.8 Å². The summed E-state index contributed by atoms with van der Waals surface area (Å²) in [5.41, 5.74) is 2.93. The lowest BCUT2D eigenvalue weighted by Gasteiger charge is -2.37. The minimum Gasteiger partial charge on any atom is -0.347 e. The maximum absolute atomic E-state index is 13.9. The van der Waals surface area contributed by atoms with Gasteiger partial charge < -0.3 is 4.57 Å². The molecule has 0 amide bonds. The highest BCUT2D eigenvalue weighted by molar-refractivity contribution is 8.00. The zero-order valence-electron chi connectivity index (χ0n) is 19.3. The maximum Gasteiger partial charge on any atom is 0.417 e. The molecule has 2 heterocycles. The summed E-state index contributed by atoms with van der Waals surface area (Å²) in [7, 11) is 2.00. The molecule has 178 valence electrons. The Hall–Kier alpha value is -1.99. The van der Waals surface area contributed by atoms with E-state index in [9.17, 15) is 17.6 Å². The van der Waals surface area contributed by atoms with E-state index in [1.165, 1.54) is 35.2 Å². The Balaban J connectivity index is 1.53. The van der Waals surface area contributed by atoms with E-state index in [4.69, 9.17) is 0 Å². The number of likely N-dealkylation sites (tertiary alicyclic amines) is 1. The summed E-state index contributed by atoms with van der Waals surface area (Å²) in [6.07, 6.45) is -0.804. The molecule has 33 heavy (non-hydrogen) atoms. The molecule has 1 unspecified atom stereocenters. The van der Waals surface area contributed by atoms with Crippen LogP contribution in [0, 0.1) is 5.82 Å². The van der Waals surface area contributed by atoms with Crippen molar-refractivity contribution in [1.82, 2.24) is 9.47 Å². The topological polar surface area (TPSA) is 8.17 Å². The summed E-state index contributed by atoms with van der Waals surface area (Å²) in [6, 6.07) is 10.9. The molecular formula is C26H30F4N2S. The van der Waals surface area contributed by atoms with Crippen molar-refractivity contribution in [3.63, 3.8) is 0 Å². The summed E-state index contributed by atoms with van der Waals surface area (Å²) in [4.78, 5) is 2.62. The third-order valence-corrected chi connectivity index (χ3v) is 8.33. The highest BCUT2D eigenvalue weighted by atomic mass is 32.2. The van der Waals surface area contributed by atoms with Gasteiger partial charge in [-0.1, -0.05) is 26.0 Å². The first-order valence-corrected chi connectivity index (χ1v) is 12.5. The van der Waals surface area contributed by atoms with Crippen molar-refractivity contribution >= 4 is 22.7 Å². The largest absolute Gasteiger partial charge is 0.417 e. The van der Waals surface area contributed by atoms with Crippen LogP contribution in [0.3, 0.4) is 0 Å². The Labute approximate surface area is 197 Å². The molecule has 2 nitrogen and oxygen atoms in total. The molecule has 1 aliphatic rings. The highest BCUT2D eigenvalue weighted by Crippen LogP contribution is 2.42. The lowest BCUT2D eigenvalue weighted by molar-refractivity contribution is -0.139. The van der Waals surface area contributed by atoms with Gasteiger partial charge in [0, 0.05) is 23.0 Å². The Morgan fingerprint density at radius 1 is 1.06 bits per heavy atom. The summed E-state index contributed by atoms with van der Waals surface area (Å²) >= 11 is 1.32. The van der Waals surface area contributed by atoms with E-state index in [0.29, 0.717) is 10.8 Å². The Bertz CT molecular complexity index is 1110. The monoisotopic (exact) mass is 478 g/mol. The number of hydrogen-bond donors (Lipinski definition) is 0. The molecule has 1 aromatic heterocycles. The van der Waals surface area contributed by atoms with E-state index >= 15 is 0 Å². The van der Waals surface area contributed by atoms with Crippen LogP contribution in [0.15, 0.2) is 47.4 Å². The van der Waals surface area contributed by atoms with Crippen molar-refractivity contribution in [2.75, 3.05) is 13.1 Å². The van der Waals surface area contributed by atoms with E-state index in [1.807, 2.05) is 20.0 Å².